The van der Waals surface area contributed by atoms with E-state index in [0.29, 0.717) is 0 Å². The molecule has 0 aliphatic heterocycles. The monoisotopic (exact) mass is 303 g/mol. The van der Waals surface area contributed by atoms with Gasteiger partial charge >= 0.3 is 0 Å². The van der Waals surface area contributed by atoms with Crippen molar-refractivity contribution < 1.29 is 5.48 Å². The predicted octanol–water partition coefficient (Wildman–Crippen LogP) is 2.62. The van der Waals surface area contributed by atoms with Gasteiger partial charge in [-0.2, -0.15) is 0 Å². The number of hydrogen-bond acceptors (Lipinski definition) is 1. The number of benzene rings is 3. The Balaban J connectivity index is 0.00000110. The molecule has 1 N–H and O–H groups in total. The molecule has 0 spiro atoms. The van der Waals surface area contributed by atoms with Crippen molar-refractivity contribution in [1.82, 2.24) is 0 Å². The maximum Gasteiger partial charge on any atom is 0.102 e. The van der Waals surface area contributed by atoms with Crippen LogP contribution in [0.2, 0.25) is 0 Å². The Morgan fingerprint density at radius 1 is 0.429 bits per heavy atom. The maximum atomic E-state index is 2.24. The van der Waals surface area contributed by atoms with Crippen molar-refractivity contribution in [2.24, 2.45) is 0 Å². The molecule has 0 aliphatic carbocycles. The molecule has 3 rings (SSSR count). The third-order valence-corrected chi connectivity index (χ3v) is 5.92. The topological polar surface area (TPSA) is 30.0 Å². The van der Waals surface area contributed by atoms with Crippen LogP contribution in [-0.4, -0.2) is 35.0 Å². The fourth-order valence-corrected chi connectivity index (χ4v) is 4.89. The Morgan fingerprint density at radius 2 is 0.667 bits per heavy atom. The van der Waals surface area contributed by atoms with E-state index in [9.17, 15) is 0 Å². The van der Waals surface area contributed by atoms with Crippen LogP contribution in [0.4, 0.5) is 0 Å². The fraction of sp³-hybridized carbons (Fsp3) is 0. The second-order valence-electron chi connectivity index (χ2n) is 4.47. The molecule has 0 saturated carbocycles. The van der Waals surface area contributed by atoms with Crippen LogP contribution in [-0.2, 0) is 0 Å². The Bertz CT molecular complexity index is 535. The summed E-state index contributed by atoms with van der Waals surface area (Å²) in [7, 11) is -0.877. The van der Waals surface area contributed by atoms with Gasteiger partial charge in [0.2, 0.25) is 0 Å². The van der Waals surface area contributed by atoms with E-state index in [-0.39, 0.29) is 35.0 Å². The largest absolute Gasteiger partial charge is 0.870 e. The molecule has 0 aliphatic rings. The molecule has 0 fully saturated rings. The first-order valence-corrected chi connectivity index (χ1v) is 7.98. The average Bonchev–Trinajstić information content (AvgIpc) is 2.51. The summed E-state index contributed by atoms with van der Waals surface area (Å²) in [5.41, 5.74) is 0. The first-order valence-electron chi connectivity index (χ1n) is 6.48. The molecule has 21 heavy (non-hydrogen) atoms. The van der Waals surface area contributed by atoms with Crippen molar-refractivity contribution in [3.63, 3.8) is 0 Å². The minimum absolute atomic E-state index is 0. The second kappa shape index (κ2) is 9.15. The third-order valence-electron chi connectivity index (χ3n) is 3.19. The molecule has 3 heteroatoms. The third kappa shape index (κ3) is 4.51. The van der Waals surface area contributed by atoms with Gasteiger partial charge in [0.05, 0.1) is 7.92 Å². The van der Waals surface area contributed by atoms with Crippen molar-refractivity contribution in [1.29, 1.82) is 0 Å². The summed E-state index contributed by atoms with van der Waals surface area (Å²) in [6, 6.07) is 32.5. The number of hydrogen-bond donors (Lipinski definition) is 0. The molecule has 0 bridgehead atoms. The van der Waals surface area contributed by atoms with E-state index in [2.05, 4.69) is 91.0 Å². The van der Waals surface area contributed by atoms with Crippen LogP contribution in [0.1, 0.15) is 0 Å². The molecular formula is C18H17NaOP. The van der Waals surface area contributed by atoms with Crippen LogP contribution in [0.5, 0.6) is 0 Å². The van der Waals surface area contributed by atoms with Gasteiger partial charge in [0, 0.05) is 29.6 Å². The van der Waals surface area contributed by atoms with Crippen LogP contribution in [0, 0.1) is 0 Å². The van der Waals surface area contributed by atoms with Crippen LogP contribution < -0.4 is 15.9 Å². The molecule has 0 saturated heterocycles. The molecule has 0 unspecified atom stereocenters. The number of rotatable bonds is 3. The van der Waals surface area contributed by atoms with E-state index >= 15 is 0 Å². The van der Waals surface area contributed by atoms with E-state index in [4.69, 9.17) is 0 Å². The average molecular weight is 303 g/mol. The minimum atomic E-state index is -0.877. The van der Waals surface area contributed by atoms with Crippen molar-refractivity contribution in [2.45, 2.75) is 0 Å². The molecule has 0 amide bonds. The molecule has 1 radical (unpaired) electrons. The van der Waals surface area contributed by atoms with Crippen molar-refractivity contribution in [2.75, 3.05) is 0 Å². The molecular weight excluding hydrogens is 286 g/mol. The van der Waals surface area contributed by atoms with E-state index < -0.39 is 7.92 Å². The molecule has 0 atom stereocenters. The van der Waals surface area contributed by atoms with Crippen LogP contribution in [0.25, 0.3) is 0 Å². The van der Waals surface area contributed by atoms with Crippen LogP contribution in [0.15, 0.2) is 91.0 Å². The van der Waals surface area contributed by atoms with Crippen molar-refractivity contribution in [3.05, 3.63) is 91.0 Å². The zero-order valence-electron chi connectivity index (χ0n) is 12.1. The summed E-state index contributed by atoms with van der Waals surface area (Å²) in [4.78, 5) is 0. The van der Waals surface area contributed by atoms with Gasteiger partial charge in [0.25, 0.3) is 0 Å². The van der Waals surface area contributed by atoms with E-state index in [1.807, 2.05) is 0 Å². The second-order valence-corrected chi connectivity index (χ2v) is 6.96. The van der Waals surface area contributed by atoms with Gasteiger partial charge in [-0.05, 0) is 36.4 Å². The molecule has 3 aromatic rings. The van der Waals surface area contributed by atoms with E-state index in [1.54, 1.807) is 0 Å². The van der Waals surface area contributed by atoms with Crippen LogP contribution in [0.3, 0.4) is 0 Å². The SMILES string of the molecule is [Na].[OH-].c1ccc([PH+](c2ccccc2)c2ccccc2)cc1. The zero-order valence-corrected chi connectivity index (χ0v) is 15.1. The summed E-state index contributed by atoms with van der Waals surface area (Å²) in [6.07, 6.45) is 0. The Morgan fingerprint density at radius 3 is 0.905 bits per heavy atom. The first kappa shape index (κ1) is 18.1. The summed E-state index contributed by atoms with van der Waals surface area (Å²) in [5.74, 6) is 0. The van der Waals surface area contributed by atoms with E-state index in [1.165, 1.54) is 15.9 Å². The Kier molecular flexibility index (Phi) is 7.88. The quantitative estimate of drug-likeness (QED) is 0.540. The summed E-state index contributed by atoms with van der Waals surface area (Å²) in [5, 5.41) is 4.31. The smallest absolute Gasteiger partial charge is 0.102 e. The normalized spacial score (nSPS) is 9.57. The standard InChI is InChI=1S/C18H15P.Na.H2O/c1-4-10-16(11-5-1)19(17-12-6-2-7-13-17)18-14-8-3-9-15-18;;/h1-15H;;1H2. The van der Waals surface area contributed by atoms with Crippen molar-refractivity contribution >= 4 is 53.4 Å². The van der Waals surface area contributed by atoms with Crippen molar-refractivity contribution in [3.8, 4) is 0 Å². The van der Waals surface area contributed by atoms with Gasteiger partial charge in [-0.1, -0.05) is 54.6 Å². The summed E-state index contributed by atoms with van der Waals surface area (Å²) >= 11 is 0. The molecule has 3 aromatic carbocycles. The molecule has 1 nitrogen and oxygen atoms in total. The Labute approximate surface area is 149 Å². The maximum absolute atomic E-state index is 2.24. The zero-order chi connectivity index (χ0) is 12.9. The predicted molar refractivity (Wildman–Crippen MR) is 94.2 cm³/mol. The van der Waals surface area contributed by atoms with Gasteiger partial charge in [-0.3, -0.25) is 0 Å². The first-order chi connectivity index (χ1) is 9.45. The fourth-order valence-electron chi connectivity index (χ4n) is 2.31. The van der Waals surface area contributed by atoms with E-state index in [0.717, 1.165) is 0 Å². The summed E-state index contributed by atoms with van der Waals surface area (Å²) < 4.78 is 0. The molecule has 0 heterocycles. The van der Waals surface area contributed by atoms with Gasteiger partial charge < -0.3 is 5.48 Å². The van der Waals surface area contributed by atoms with Crippen LogP contribution >= 0.6 is 7.92 Å². The Hall–Kier alpha value is -0.950. The minimum Gasteiger partial charge on any atom is -0.870 e. The van der Waals surface area contributed by atoms with Gasteiger partial charge in [-0.15, -0.1) is 0 Å². The van der Waals surface area contributed by atoms with Gasteiger partial charge in [-0.25, -0.2) is 0 Å². The molecule has 0 aromatic heterocycles. The van der Waals surface area contributed by atoms with Gasteiger partial charge in [0.1, 0.15) is 15.9 Å². The summed E-state index contributed by atoms with van der Waals surface area (Å²) in [6.45, 7) is 0. The molecule has 101 valence electrons. The van der Waals surface area contributed by atoms with Gasteiger partial charge in [0.15, 0.2) is 0 Å².